The Labute approximate surface area is 180 Å². The summed E-state index contributed by atoms with van der Waals surface area (Å²) in [6.45, 7) is 2.14. The first-order chi connectivity index (χ1) is 14.6. The quantitative estimate of drug-likeness (QED) is 0.509. The van der Waals surface area contributed by atoms with E-state index in [4.69, 9.17) is 0 Å². The fourth-order valence-corrected chi connectivity index (χ4v) is 9.19. The molecular weight excluding hydrogens is 387 g/mol. The number of hydrogen-bond donors (Lipinski definition) is 1. The summed E-state index contributed by atoms with van der Waals surface area (Å²) in [5.74, 6) is -0.0412. The molecule has 2 atom stereocenters. The first-order valence-electron chi connectivity index (χ1n) is 11.0. The van der Waals surface area contributed by atoms with Crippen LogP contribution < -0.4 is 10.6 Å². The summed E-state index contributed by atoms with van der Waals surface area (Å²) in [6.07, 6.45) is 4.52. The Morgan fingerprint density at radius 3 is 1.63 bits per heavy atom. The van der Waals surface area contributed by atoms with E-state index in [9.17, 15) is 5.11 Å². The van der Waals surface area contributed by atoms with Gasteiger partial charge in [-0.3, -0.25) is 0 Å². The van der Waals surface area contributed by atoms with Crippen molar-refractivity contribution < 1.29 is 9.67 Å². The molecule has 0 heterocycles. The Hall–Kier alpha value is -2.15. The molecule has 3 heteroatoms. The van der Waals surface area contributed by atoms with E-state index in [1.165, 1.54) is 0 Å². The van der Waals surface area contributed by atoms with E-state index in [2.05, 4.69) is 19.1 Å². The van der Waals surface area contributed by atoms with Crippen LogP contribution in [0.25, 0.3) is 0 Å². The number of benzene rings is 3. The fraction of sp³-hybridized carbons (Fsp3) is 0.333. The summed E-state index contributed by atoms with van der Waals surface area (Å²) in [7, 11) is -3.14. The zero-order chi connectivity index (χ0) is 21.0. The van der Waals surface area contributed by atoms with Crippen molar-refractivity contribution in [3.8, 4) is 0 Å². The van der Waals surface area contributed by atoms with Gasteiger partial charge in [0.25, 0.3) is 0 Å². The number of hydrogen-bond acceptors (Lipinski definition) is 2. The molecule has 3 aromatic rings. The van der Waals surface area contributed by atoms with Crippen LogP contribution in [0.5, 0.6) is 0 Å². The van der Waals surface area contributed by atoms with Gasteiger partial charge in [0.2, 0.25) is 0 Å². The van der Waals surface area contributed by atoms with Gasteiger partial charge in [0, 0.05) is 10.6 Å². The first kappa shape index (κ1) is 21.1. The first-order valence-corrected chi connectivity index (χ1v) is 12.8. The van der Waals surface area contributed by atoms with Gasteiger partial charge in [0.05, 0.1) is 11.3 Å². The van der Waals surface area contributed by atoms with Crippen LogP contribution in [0, 0.1) is 0 Å². The van der Waals surface area contributed by atoms with Gasteiger partial charge in [0.1, 0.15) is 7.14 Å². The van der Waals surface area contributed by atoms with Crippen LogP contribution in [-0.4, -0.2) is 16.4 Å². The maximum absolute atomic E-state index is 15.3. The predicted octanol–water partition coefficient (Wildman–Crippen LogP) is 5.87. The van der Waals surface area contributed by atoms with Gasteiger partial charge in [-0.1, -0.05) is 117 Å². The second-order valence-electron chi connectivity index (χ2n) is 8.64. The third-order valence-corrected chi connectivity index (χ3v) is 10.6. The Bertz CT molecular complexity index is 936. The average Bonchev–Trinajstić information content (AvgIpc) is 2.81. The minimum atomic E-state index is -3.14. The molecule has 0 unspecified atom stereocenters. The lowest BCUT2D eigenvalue weighted by molar-refractivity contribution is -0.00495. The predicted molar refractivity (Wildman–Crippen MR) is 126 cm³/mol. The highest BCUT2D eigenvalue weighted by atomic mass is 31.2. The SMILES string of the molecule is C[C@H](c1ccccc1)[C@@H](C1(O)CCCCC1)P(=O)(c1ccccc1)c1ccccc1. The lowest BCUT2D eigenvalue weighted by atomic mass is 9.77. The van der Waals surface area contributed by atoms with Crippen molar-refractivity contribution in [3.05, 3.63) is 96.6 Å². The fourth-order valence-electron chi connectivity index (χ4n) is 5.29. The molecule has 30 heavy (non-hydrogen) atoms. The average molecular weight is 419 g/mol. The molecule has 3 aromatic carbocycles. The Kier molecular flexibility index (Phi) is 6.27. The molecule has 1 fully saturated rings. The van der Waals surface area contributed by atoms with Crippen LogP contribution in [0.15, 0.2) is 91.0 Å². The van der Waals surface area contributed by atoms with Crippen molar-refractivity contribution >= 4 is 17.8 Å². The van der Waals surface area contributed by atoms with E-state index in [1.807, 2.05) is 78.9 Å². The Morgan fingerprint density at radius 2 is 1.17 bits per heavy atom. The molecule has 0 aliphatic heterocycles. The van der Waals surface area contributed by atoms with E-state index in [0.717, 1.165) is 35.4 Å². The maximum Gasteiger partial charge on any atom is 0.149 e. The minimum absolute atomic E-state index is 0.0412. The maximum atomic E-state index is 15.3. The zero-order valence-corrected chi connectivity index (χ0v) is 18.5. The summed E-state index contributed by atoms with van der Waals surface area (Å²) in [6, 6.07) is 29.9. The molecular formula is C27H31O2P. The number of rotatable bonds is 6. The van der Waals surface area contributed by atoms with E-state index < -0.39 is 12.7 Å². The molecule has 1 N–H and O–H groups in total. The van der Waals surface area contributed by atoms with Crippen molar-refractivity contribution in [3.63, 3.8) is 0 Å². The molecule has 0 amide bonds. The highest BCUT2D eigenvalue weighted by Gasteiger charge is 2.52. The molecule has 0 aromatic heterocycles. The van der Waals surface area contributed by atoms with Crippen LogP contribution in [0.1, 0.15) is 50.5 Å². The smallest absolute Gasteiger partial charge is 0.149 e. The molecule has 0 spiro atoms. The zero-order valence-electron chi connectivity index (χ0n) is 17.7. The summed E-state index contributed by atoms with van der Waals surface area (Å²) in [5.41, 5.74) is -0.194. The largest absolute Gasteiger partial charge is 0.389 e. The molecule has 0 bridgehead atoms. The molecule has 4 rings (SSSR count). The summed E-state index contributed by atoms with van der Waals surface area (Å²) in [4.78, 5) is 0. The molecule has 0 saturated heterocycles. The third kappa shape index (κ3) is 3.92. The van der Waals surface area contributed by atoms with E-state index in [1.54, 1.807) is 0 Å². The van der Waals surface area contributed by atoms with Crippen molar-refractivity contribution in [1.29, 1.82) is 0 Å². The number of aliphatic hydroxyl groups is 1. The monoisotopic (exact) mass is 418 g/mol. The molecule has 2 nitrogen and oxygen atoms in total. The van der Waals surface area contributed by atoms with Gasteiger partial charge >= 0.3 is 0 Å². The summed E-state index contributed by atoms with van der Waals surface area (Å²) >= 11 is 0. The summed E-state index contributed by atoms with van der Waals surface area (Å²) in [5, 5.41) is 13.7. The second-order valence-corrected chi connectivity index (χ2v) is 11.5. The topological polar surface area (TPSA) is 37.3 Å². The molecule has 156 valence electrons. The van der Waals surface area contributed by atoms with Gasteiger partial charge in [-0.05, 0) is 24.3 Å². The Morgan fingerprint density at radius 1 is 0.733 bits per heavy atom. The van der Waals surface area contributed by atoms with Crippen LogP contribution >= 0.6 is 7.14 Å². The van der Waals surface area contributed by atoms with Gasteiger partial charge in [0.15, 0.2) is 0 Å². The molecule has 1 saturated carbocycles. The van der Waals surface area contributed by atoms with Crippen LogP contribution in [0.2, 0.25) is 0 Å². The van der Waals surface area contributed by atoms with Gasteiger partial charge in [-0.15, -0.1) is 0 Å². The van der Waals surface area contributed by atoms with Crippen LogP contribution in [-0.2, 0) is 4.57 Å². The van der Waals surface area contributed by atoms with Gasteiger partial charge < -0.3 is 9.67 Å². The second kappa shape index (κ2) is 8.92. The third-order valence-electron chi connectivity index (χ3n) is 6.74. The van der Waals surface area contributed by atoms with Crippen LogP contribution in [0.3, 0.4) is 0 Å². The standard InChI is InChI=1S/C27H31O2P/c1-22(23-14-6-2-7-15-23)26(27(28)20-12-5-13-21-27)30(29,24-16-8-3-9-17-24)25-18-10-4-11-19-25/h2-4,6-11,14-19,22,26,28H,5,12-13,20-21H2,1H3/t22-,26+/m1/s1. The molecule has 0 radical (unpaired) electrons. The van der Waals surface area contributed by atoms with Gasteiger partial charge in [-0.25, -0.2) is 0 Å². The van der Waals surface area contributed by atoms with E-state index in [-0.39, 0.29) is 11.6 Å². The van der Waals surface area contributed by atoms with Crippen molar-refractivity contribution in [2.75, 3.05) is 0 Å². The highest BCUT2D eigenvalue weighted by Crippen LogP contribution is 2.59. The van der Waals surface area contributed by atoms with Crippen molar-refractivity contribution in [1.82, 2.24) is 0 Å². The lowest BCUT2D eigenvalue weighted by Gasteiger charge is -2.46. The van der Waals surface area contributed by atoms with Crippen molar-refractivity contribution in [2.45, 2.75) is 56.2 Å². The normalized spacial score (nSPS) is 18.5. The highest BCUT2D eigenvalue weighted by molar-refractivity contribution is 7.79. The lowest BCUT2D eigenvalue weighted by Crippen LogP contribution is -2.49. The van der Waals surface area contributed by atoms with E-state index in [0.29, 0.717) is 12.8 Å². The van der Waals surface area contributed by atoms with E-state index >= 15 is 4.57 Å². The Balaban J connectivity index is 1.95. The molecule has 1 aliphatic rings. The summed E-state index contributed by atoms with van der Waals surface area (Å²) < 4.78 is 15.3. The van der Waals surface area contributed by atoms with Crippen molar-refractivity contribution in [2.24, 2.45) is 0 Å². The van der Waals surface area contributed by atoms with Gasteiger partial charge in [-0.2, -0.15) is 0 Å². The molecule has 1 aliphatic carbocycles. The van der Waals surface area contributed by atoms with Crippen LogP contribution in [0.4, 0.5) is 0 Å². The minimum Gasteiger partial charge on any atom is -0.389 e.